The third-order valence-electron chi connectivity index (χ3n) is 5.45. The Bertz CT molecular complexity index is 1210. The van der Waals surface area contributed by atoms with E-state index in [1.54, 1.807) is 12.1 Å². The summed E-state index contributed by atoms with van der Waals surface area (Å²) in [5.41, 5.74) is 1.50. The Hall–Kier alpha value is -2.88. The lowest BCUT2D eigenvalue weighted by Gasteiger charge is -2.42. The van der Waals surface area contributed by atoms with Gasteiger partial charge in [-0.25, -0.2) is 14.4 Å². The van der Waals surface area contributed by atoms with Crippen LogP contribution in [0.5, 0.6) is 5.75 Å². The first kappa shape index (κ1) is 23.3. The molecule has 0 atom stereocenters. The van der Waals surface area contributed by atoms with Gasteiger partial charge in [0.05, 0.1) is 47.5 Å². The average molecular weight is 514 g/mol. The van der Waals surface area contributed by atoms with Gasteiger partial charge < -0.3 is 19.7 Å². The van der Waals surface area contributed by atoms with Crippen LogP contribution < -0.4 is 10.1 Å². The fourth-order valence-corrected chi connectivity index (χ4v) is 4.41. The van der Waals surface area contributed by atoms with E-state index >= 15 is 4.39 Å². The van der Waals surface area contributed by atoms with E-state index in [4.69, 9.17) is 9.47 Å². The van der Waals surface area contributed by atoms with Crippen LogP contribution in [-0.2, 0) is 4.74 Å². The summed E-state index contributed by atoms with van der Waals surface area (Å²) >= 11 is 3.53. The van der Waals surface area contributed by atoms with Crippen molar-refractivity contribution in [3.63, 3.8) is 0 Å². The first-order valence-electron chi connectivity index (χ1n) is 10.3. The van der Waals surface area contributed by atoms with Gasteiger partial charge in [0, 0.05) is 16.6 Å². The van der Waals surface area contributed by atoms with Crippen molar-refractivity contribution >= 4 is 56.8 Å². The highest BCUT2D eigenvalue weighted by molar-refractivity contribution is 9.10. The Labute approximate surface area is 200 Å². The van der Waals surface area contributed by atoms with Gasteiger partial charge in [-0.3, -0.25) is 4.99 Å². The van der Waals surface area contributed by atoms with E-state index in [2.05, 4.69) is 54.4 Å². The molecule has 33 heavy (non-hydrogen) atoms. The zero-order valence-corrected chi connectivity index (χ0v) is 20.2. The lowest BCUT2D eigenvalue weighted by Crippen LogP contribution is -2.53. The van der Waals surface area contributed by atoms with Crippen LogP contribution in [0.1, 0.15) is 5.56 Å². The molecule has 7 nitrogen and oxygen atoms in total. The lowest BCUT2D eigenvalue weighted by molar-refractivity contribution is -0.139. The second-order valence-corrected chi connectivity index (χ2v) is 9.30. The van der Waals surface area contributed by atoms with Crippen LogP contribution >= 0.6 is 15.9 Å². The van der Waals surface area contributed by atoms with Gasteiger partial charge in [0.1, 0.15) is 17.9 Å². The van der Waals surface area contributed by atoms with Gasteiger partial charge in [-0.2, -0.15) is 0 Å². The summed E-state index contributed by atoms with van der Waals surface area (Å²) in [6.07, 6.45) is 2.85. The van der Waals surface area contributed by atoms with Gasteiger partial charge in [0.15, 0.2) is 5.82 Å². The molecule has 1 saturated heterocycles. The number of aromatic nitrogens is 2. The zero-order chi connectivity index (χ0) is 23.6. The summed E-state index contributed by atoms with van der Waals surface area (Å²) in [6, 6.07) is 7.01. The van der Waals surface area contributed by atoms with E-state index in [1.165, 1.54) is 12.4 Å². The number of hydrogen-bond donors (Lipinski definition) is 1. The summed E-state index contributed by atoms with van der Waals surface area (Å²) in [7, 11) is 4.06. The van der Waals surface area contributed by atoms with Crippen molar-refractivity contribution in [2.45, 2.75) is 0 Å². The summed E-state index contributed by atoms with van der Waals surface area (Å²) in [5.74, 6) is 0.543. The molecule has 0 unspecified atom stereocenters. The van der Waals surface area contributed by atoms with Crippen molar-refractivity contribution in [1.29, 1.82) is 0 Å². The molecule has 0 bridgehead atoms. The van der Waals surface area contributed by atoms with Gasteiger partial charge in [-0.05, 0) is 45.1 Å². The Morgan fingerprint density at radius 1 is 1.33 bits per heavy atom. The molecular formula is C24H25BrFN5O2. The summed E-state index contributed by atoms with van der Waals surface area (Å²) in [5, 5.41) is 3.75. The lowest BCUT2D eigenvalue weighted by atomic mass is 9.86. The third kappa shape index (κ3) is 4.75. The summed E-state index contributed by atoms with van der Waals surface area (Å²) < 4.78 is 27.7. The molecule has 9 heteroatoms. The van der Waals surface area contributed by atoms with Crippen molar-refractivity contribution < 1.29 is 13.9 Å². The van der Waals surface area contributed by atoms with Crippen LogP contribution in [0.4, 0.5) is 21.6 Å². The number of ether oxygens (including phenoxy) is 2. The quantitative estimate of drug-likeness (QED) is 0.396. The first-order chi connectivity index (χ1) is 15.9. The molecule has 0 radical (unpaired) electrons. The number of aliphatic imine (C=N–C) groups is 1. The molecule has 1 fully saturated rings. The molecule has 3 aromatic rings. The molecule has 2 aromatic carbocycles. The third-order valence-corrected chi connectivity index (χ3v) is 5.91. The van der Waals surface area contributed by atoms with E-state index in [0.717, 1.165) is 11.0 Å². The van der Waals surface area contributed by atoms with Crippen molar-refractivity contribution in [3.8, 4) is 5.75 Å². The van der Waals surface area contributed by atoms with Crippen LogP contribution in [0.3, 0.4) is 0 Å². The minimum absolute atomic E-state index is 0.0835. The average Bonchev–Trinajstić information content (AvgIpc) is 2.76. The molecule has 2 heterocycles. The van der Waals surface area contributed by atoms with Gasteiger partial charge in [-0.1, -0.05) is 28.6 Å². The molecule has 4 rings (SSSR count). The molecule has 0 spiro atoms. The fraction of sp³-hybridized carbons (Fsp3) is 0.292. The molecule has 0 saturated carbocycles. The predicted octanol–water partition coefficient (Wildman–Crippen LogP) is 5.21. The molecule has 172 valence electrons. The maximum absolute atomic E-state index is 15.1. The van der Waals surface area contributed by atoms with Gasteiger partial charge in [0.25, 0.3) is 0 Å². The van der Waals surface area contributed by atoms with Crippen LogP contribution in [0, 0.1) is 11.2 Å². The Kier molecular flexibility index (Phi) is 6.73. The highest BCUT2D eigenvalue weighted by Gasteiger charge is 2.40. The number of fused-ring (bicyclic) bond motifs is 1. The number of rotatable bonds is 9. The van der Waals surface area contributed by atoms with Crippen LogP contribution in [-0.4, -0.2) is 62.0 Å². The predicted molar refractivity (Wildman–Crippen MR) is 134 cm³/mol. The number of nitrogens with one attached hydrogen (secondary N) is 1. The first-order valence-corrected chi connectivity index (χ1v) is 11.1. The monoisotopic (exact) mass is 513 g/mol. The molecule has 1 aromatic heterocycles. The standard InChI is InChI=1S/C24H25BrFN5O2/c1-5-16-17(27-2)6-7-18(22(16)26)30-23-21-19(28-14-29-23)8-15(25)9-20(21)33-13-24(10-31(3)4)11-32-12-24/h5-9,14H,1-2,10-13H2,3-4H3,(H,28,29,30). The number of benzene rings is 2. The van der Waals surface area contributed by atoms with E-state index in [0.29, 0.717) is 48.0 Å². The smallest absolute Gasteiger partial charge is 0.156 e. The molecule has 1 N–H and O–H groups in total. The largest absolute Gasteiger partial charge is 0.492 e. The van der Waals surface area contributed by atoms with Crippen LogP contribution in [0.2, 0.25) is 0 Å². The van der Waals surface area contributed by atoms with E-state index in [-0.39, 0.29) is 16.7 Å². The van der Waals surface area contributed by atoms with Crippen molar-refractivity contribution in [3.05, 3.63) is 53.0 Å². The molecule has 0 amide bonds. The Morgan fingerprint density at radius 3 is 2.76 bits per heavy atom. The maximum Gasteiger partial charge on any atom is 0.156 e. The van der Waals surface area contributed by atoms with Crippen molar-refractivity contribution in [2.75, 3.05) is 45.8 Å². The highest BCUT2D eigenvalue weighted by atomic mass is 79.9. The number of nitrogens with zero attached hydrogens (tertiary/aromatic N) is 4. The van der Waals surface area contributed by atoms with Gasteiger partial charge in [-0.15, -0.1) is 0 Å². The molecular weight excluding hydrogens is 489 g/mol. The normalized spacial score (nSPS) is 14.7. The zero-order valence-electron chi connectivity index (χ0n) is 18.6. The Morgan fingerprint density at radius 2 is 2.12 bits per heavy atom. The van der Waals surface area contributed by atoms with Gasteiger partial charge in [0.2, 0.25) is 0 Å². The maximum atomic E-state index is 15.1. The molecule has 1 aliphatic heterocycles. The topological polar surface area (TPSA) is 71.9 Å². The van der Waals surface area contributed by atoms with Crippen molar-refractivity contribution in [1.82, 2.24) is 14.9 Å². The SMILES string of the molecule is C=Cc1c(N=C)ccc(Nc2ncnc3cc(Br)cc(OCC4(CN(C)C)COC4)c23)c1F. The summed E-state index contributed by atoms with van der Waals surface area (Å²) in [4.78, 5) is 14.7. The number of halogens is 2. The van der Waals surface area contributed by atoms with E-state index in [9.17, 15) is 0 Å². The second-order valence-electron chi connectivity index (χ2n) is 8.39. The van der Waals surface area contributed by atoms with E-state index < -0.39 is 5.82 Å². The number of anilines is 2. The molecule has 0 aliphatic carbocycles. The van der Waals surface area contributed by atoms with Crippen LogP contribution in [0.25, 0.3) is 17.0 Å². The Balaban J connectivity index is 1.72. The van der Waals surface area contributed by atoms with Gasteiger partial charge >= 0.3 is 0 Å². The minimum Gasteiger partial charge on any atom is -0.492 e. The van der Waals surface area contributed by atoms with Crippen molar-refractivity contribution in [2.24, 2.45) is 10.4 Å². The van der Waals surface area contributed by atoms with E-state index in [1.807, 2.05) is 26.2 Å². The van der Waals surface area contributed by atoms with Crippen LogP contribution in [0.15, 0.2) is 46.6 Å². The molecule has 1 aliphatic rings. The fourth-order valence-electron chi connectivity index (χ4n) is 3.98. The summed E-state index contributed by atoms with van der Waals surface area (Å²) in [6.45, 7) is 9.76. The highest BCUT2D eigenvalue weighted by Crippen LogP contribution is 2.38. The minimum atomic E-state index is -0.488. The second kappa shape index (κ2) is 9.54. The number of hydrogen-bond acceptors (Lipinski definition) is 7.